The molecule has 0 spiro atoms. The Balaban J connectivity index is 2.70. The highest BCUT2D eigenvalue weighted by Crippen LogP contribution is 2.31. The Kier molecular flexibility index (Phi) is 3.64. The first kappa shape index (κ1) is 14.5. The van der Waals surface area contributed by atoms with Gasteiger partial charge in [0, 0.05) is 23.9 Å². The minimum atomic E-state index is -0.417. The highest BCUT2D eigenvalue weighted by atomic mass is 16.5. The summed E-state index contributed by atoms with van der Waals surface area (Å²) in [5, 5.41) is 3.58. The maximum absolute atomic E-state index is 11.9. The van der Waals surface area contributed by atoms with Crippen molar-refractivity contribution in [2.45, 2.75) is 78.5 Å². The lowest BCUT2D eigenvalue weighted by atomic mass is 9.81. The number of hydrogen-bond acceptors (Lipinski definition) is 3. The van der Waals surface area contributed by atoms with Crippen LogP contribution in [0.3, 0.4) is 0 Å². The number of rotatable bonds is 1. The number of hydrogen-bond donors (Lipinski definition) is 1. The summed E-state index contributed by atoms with van der Waals surface area (Å²) in [6.45, 7) is 14.3. The van der Waals surface area contributed by atoms with E-state index in [2.05, 4.69) is 33.0 Å². The fourth-order valence-corrected chi connectivity index (χ4v) is 2.64. The lowest BCUT2D eigenvalue weighted by Gasteiger charge is -2.46. The third kappa shape index (κ3) is 4.30. The summed E-state index contributed by atoms with van der Waals surface area (Å²) in [6.07, 6.45) is 1.77. The van der Waals surface area contributed by atoms with Gasteiger partial charge in [0.1, 0.15) is 6.10 Å². The summed E-state index contributed by atoms with van der Waals surface area (Å²) in [7, 11) is 0. The van der Waals surface area contributed by atoms with Gasteiger partial charge in [0.15, 0.2) is 0 Å². The minimum Gasteiger partial charge on any atom is -0.462 e. The van der Waals surface area contributed by atoms with Crippen LogP contribution in [0.25, 0.3) is 0 Å². The van der Waals surface area contributed by atoms with Crippen molar-refractivity contribution >= 4 is 5.97 Å². The molecule has 3 heteroatoms. The van der Waals surface area contributed by atoms with E-state index in [0.29, 0.717) is 0 Å². The zero-order chi connectivity index (χ0) is 13.5. The average molecular weight is 241 g/mol. The van der Waals surface area contributed by atoms with E-state index in [1.807, 2.05) is 20.8 Å². The van der Waals surface area contributed by atoms with Gasteiger partial charge in [-0.15, -0.1) is 0 Å². The fraction of sp³-hybridized carbons (Fsp3) is 0.929. The van der Waals surface area contributed by atoms with Crippen LogP contribution in [0.5, 0.6) is 0 Å². The van der Waals surface area contributed by atoms with Crippen molar-refractivity contribution in [3.8, 4) is 0 Å². The Hall–Kier alpha value is -0.570. The predicted molar refractivity (Wildman–Crippen MR) is 69.9 cm³/mol. The van der Waals surface area contributed by atoms with Crippen LogP contribution in [-0.2, 0) is 9.53 Å². The maximum atomic E-state index is 11.9. The summed E-state index contributed by atoms with van der Waals surface area (Å²) >= 11 is 0. The molecule has 0 amide bonds. The van der Waals surface area contributed by atoms with Gasteiger partial charge in [-0.05, 0) is 48.5 Å². The van der Waals surface area contributed by atoms with Crippen LogP contribution in [0.1, 0.15) is 61.3 Å². The van der Waals surface area contributed by atoms with E-state index in [9.17, 15) is 4.79 Å². The van der Waals surface area contributed by atoms with Crippen molar-refractivity contribution in [3.63, 3.8) is 0 Å². The van der Waals surface area contributed by atoms with Crippen molar-refractivity contribution in [1.29, 1.82) is 0 Å². The Morgan fingerprint density at radius 1 is 1.12 bits per heavy atom. The molecule has 0 unspecified atom stereocenters. The first-order chi connectivity index (χ1) is 7.41. The molecule has 1 N–H and O–H groups in total. The summed E-state index contributed by atoms with van der Waals surface area (Å²) < 4.78 is 5.65. The highest BCUT2D eigenvalue weighted by molar-refractivity contribution is 5.75. The monoisotopic (exact) mass is 241 g/mol. The molecule has 1 fully saturated rings. The number of carbonyl (C=O) groups is 1. The van der Waals surface area contributed by atoms with E-state index in [4.69, 9.17) is 4.74 Å². The quantitative estimate of drug-likeness (QED) is 0.717. The Morgan fingerprint density at radius 3 is 1.88 bits per heavy atom. The molecule has 0 aromatic rings. The van der Waals surface area contributed by atoms with Crippen molar-refractivity contribution in [2.24, 2.45) is 5.41 Å². The smallest absolute Gasteiger partial charge is 0.311 e. The molecule has 0 aromatic heterocycles. The minimum absolute atomic E-state index is 0.0184. The second kappa shape index (κ2) is 4.27. The summed E-state index contributed by atoms with van der Waals surface area (Å²) in [5.41, 5.74) is -0.381. The summed E-state index contributed by atoms with van der Waals surface area (Å²) in [5.74, 6) is -0.101. The first-order valence-corrected chi connectivity index (χ1v) is 6.42. The fourth-order valence-electron chi connectivity index (χ4n) is 2.64. The summed E-state index contributed by atoms with van der Waals surface area (Å²) in [6, 6.07) is 0. The standard InChI is InChI=1S/C14H27NO2/c1-12(2,3)11(16)17-10-8-13(4,5)15-14(6,7)9-10/h10,15H,8-9H2,1-7H3. The molecular weight excluding hydrogens is 214 g/mol. The number of carbonyl (C=O) groups excluding carboxylic acids is 1. The Morgan fingerprint density at radius 2 is 1.53 bits per heavy atom. The van der Waals surface area contributed by atoms with Crippen LogP contribution in [-0.4, -0.2) is 23.2 Å². The van der Waals surface area contributed by atoms with Gasteiger partial charge < -0.3 is 10.1 Å². The molecule has 1 rings (SSSR count). The molecular formula is C14H27NO2. The van der Waals surface area contributed by atoms with Gasteiger partial charge in [-0.3, -0.25) is 4.79 Å². The van der Waals surface area contributed by atoms with Gasteiger partial charge in [0.25, 0.3) is 0 Å². The Labute approximate surface area is 105 Å². The van der Waals surface area contributed by atoms with Crippen molar-refractivity contribution in [3.05, 3.63) is 0 Å². The molecule has 0 aromatic carbocycles. The topological polar surface area (TPSA) is 38.3 Å². The van der Waals surface area contributed by atoms with Crippen molar-refractivity contribution in [2.75, 3.05) is 0 Å². The van der Waals surface area contributed by atoms with E-state index in [1.54, 1.807) is 0 Å². The number of esters is 1. The molecule has 0 atom stereocenters. The van der Waals surface area contributed by atoms with Crippen LogP contribution < -0.4 is 5.32 Å². The van der Waals surface area contributed by atoms with E-state index in [-0.39, 0.29) is 23.2 Å². The second-order valence-electron chi connectivity index (χ2n) is 7.58. The normalized spacial score (nSPS) is 24.4. The first-order valence-electron chi connectivity index (χ1n) is 6.42. The lowest BCUT2D eigenvalue weighted by molar-refractivity contribution is -0.162. The molecule has 1 aliphatic heterocycles. The van der Waals surface area contributed by atoms with Crippen LogP contribution >= 0.6 is 0 Å². The van der Waals surface area contributed by atoms with Gasteiger partial charge in [0.2, 0.25) is 0 Å². The van der Waals surface area contributed by atoms with Gasteiger partial charge in [-0.25, -0.2) is 0 Å². The molecule has 1 heterocycles. The number of piperidine rings is 1. The van der Waals surface area contributed by atoms with Crippen LogP contribution in [0.4, 0.5) is 0 Å². The Bertz CT molecular complexity index is 284. The van der Waals surface area contributed by atoms with Gasteiger partial charge in [-0.2, -0.15) is 0 Å². The van der Waals surface area contributed by atoms with Crippen LogP contribution in [0.15, 0.2) is 0 Å². The third-order valence-corrected chi connectivity index (χ3v) is 3.04. The average Bonchev–Trinajstić information content (AvgIpc) is 1.94. The molecule has 1 aliphatic rings. The van der Waals surface area contributed by atoms with Gasteiger partial charge in [-0.1, -0.05) is 0 Å². The van der Waals surface area contributed by atoms with E-state index in [0.717, 1.165) is 12.8 Å². The van der Waals surface area contributed by atoms with Crippen molar-refractivity contribution < 1.29 is 9.53 Å². The van der Waals surface area contributed by atoms with E-state index in [1.165, 1.54) is 0 Å². The van der Waals surface area contributed by atoms with Gasteiger partial charge >= 0.3 is 5.97 Å². The van der Waals surface area contributed by atoms with Crippen molar-refractivity contribution in [1.82, 2.24) is 5.32 Å². The predicted octanol–water partition coefficient (Wildman–Crippen LogP) is 2.88. The zero-order valence-electron chi connectivity index (χ0n) is 12.3. The van der Waals surface area contributed by atoms with E-state index < -0.39 is 5.41 Å². The van der Waals surface area contributed by atoms with E-state index >= 15 is 0 Å². The highest BCUT2D eigenvalue weighted by Gasteiger charge is 2.40. The zero-order valence-corrected chi connectivity index (χ0v) is 12.3. The van der Waals surface area contributed by atoms with Crippen LogP contribution in [0.2, 0.25) is 0 Å². The molecule has 0 aliphatic carbocycles. The molecule has 17 heavy (non-hydrogen) atoms. The summed E-state index contributed by atoms with van der Waals surface area (Å²) in [4.78, 5) is 11.9. The van der Waals surface area contributed by atoms with Crippen LogP contribution in [0, 0.1) is 5.41 Å². The second-order valence-corrected chi connectivity index (χ2v) is 7.58. The molecule has 0 bridgehead atoms. The largest absolute Gasteiger partial charge is 0.462 e. The molecule has 3 nitrogen and oxygen atoms in total. The molecule has 0 saturated carbocycles. The molecule has 1 saturated heterocycles. The van der Waals surface area contributed by atoms with Gasteiger partial charge in [0.05, 0.1) is 5.41 Å². The maximum Gasteiger partial charge on any atom is 0.311 e. The molecule has 0 radical (unpaired) electrons. The number of nitrogens with one attached hydrogen (secondary N) is 1. The molecule has 100 valence electrons. The lowest BCUT2D eigenvalue weighted by Crippen LogP contribution is -2.60. The third-order valence-electron chi connectivity index (χ3n) is 3.04. The number of ether oxygens (including phenoxy) is 1. The SMILES string of the molecule is CC1(C)CC(OC(=O)C(C)(C)C)CC(C)(C)N1.